The van der Waals surface area contributed by atoms with E-state index in [-0.39, 0.29) is 17.9 Å². The largest absolute Gasteiger partial charge is 0.495 e. The molecule has 10 nitrogen and oxygen atoms in total. The molecule has 0 saturated carbocycles. The van der Waals surface area contributed by atoms with Crippen LogP contribution in [-0.4, -0.2) is 32.9 Å². The normalized spacial score (nSPS) is 10.8. The van der Waals surface area contributed by atoms with Crippen molar-refractivity contribution in [2.45, 2.75) is 34.2 Å². The zero-order valence-corrected chi connectivity index (χ0v) is 16.8. The molecule has 3 rings (SSSR count). The van der Waals surface area contributed by atoms with Gasteiger partial charge < -0.3 is 14.6 Å². The molecule has 1 N–H and O–H groups in total. The number of rotatable bonds is 6. The number of hydrogen-bond donors (Lipinski definition) is 1. The maximum Gasteiger partial charge on any atom is 0.312 e. The monoisotopic (exact) mass is 399 g/mol. The highest BCUT2D eigenvalue weighted by Crippen LogP contribution is 2.27. The molecule has 0 fully saturated rings. The van der Waals surface area contributed by atoms with Crippen molar-refractivity contribution < 1.29 is 19.0 Å². The summed E-state index contributed by atoms with van der Waals surface area (Å²) >= 11 is 0. The Morgan fingerprint density at radius 1 is 1.31 bits per heavy atom. The molecular weight excluding hydrogens is 378 g/mol. The summed E-state index contributed by atoms with van der Waals surface area (Å²) in [5, 5.41) is 22.1. The second-order valence-electron chi connectivity index (χ2n) is 6.66. The summed E-state index contributed by atoms with van der Waals surface area (Å²) in [6.07, 6.45) is 0. The summed E-state index contributed by atoms with van der Waals surface area (Å²) in [7, 11) is 1.52. The molecule has 152 valence electrons. The average molecular weight is 399 g/mol. The summed E-state index contributed by atoms with van der Waals surface area (Å²) in [5.74, 6) is 0.471. The minimum absolute atomic E-state index is 0.0467. The van der Waals surface area contributed by atoms with Gasteiger partial charge in [0.25, 0.3) is 5.91 Å². The molecular formula is C19H21N5O5. The Labute approximate surface area is 166 Å². The van der Waals surface area contributed by atoms with Crippen molar-refractivity contribution >= 4 is 17.3 Å². The van der Waals surface area contributed by atoms with Gasteiger partial charge in [-0.2, -0.15) is 5.10 Å². The van der Waals surface area contributed by atoms with Crippen molar-refractivity contribution in [1.29, 1.82) is 0 Å². The third-order valence-corrected chi connectivity index (χ3v) is 4.64. The number of carbonyl (C=O) groups excluding carboxylic acids is 1. The zero-order chi connectivity index (χ0) is 21.3. The van der Waals surface area contributed by atoms with Crippen molar-refractivity contribution in [3.8, 4) is 5.75 Å². The van der Waals surface area contributed by atoms with Crippen molar-refractivity contribution in [2.75, 3.05) is 12.4 Å². The first kappa shape index (κ1) is 20.1. The quantitative estimate of drug-likeness (QED) is 0.498. The molecule has 2 heterocycles. The first-order valence-electron chi connectivity index (χ1n) is 8.82. The van der Waals surface area contributed by atoms with Crippen LogP contribution in [0.4, 0.5) is 11.4 Å². The van der Waals surface area contributed by atoms with Crippen LogP contribution in [0, 0.1) is 37.8 Å². The highest BCUT2D eigenvalue weighted by Gasteiger charge is 2.26. The number of nitrogens with zero attached hydrogens (tertiary/aromatic N) is 4. The van der Waals surface area contributed by atoms with E-state index in [1.165, 1.54) is 11.8 Å². The SMILES string of the molecule is COc1ccc(C)cc1NC(=O)c1noc(C)c1Cn1nc(C)c([N+](=O)[O-])c1C. The van der Waals surface area contributed by atoms with Gasteiger partial charge in [0.2, 0.25) is 0 Å². The van der Waals surface area contributed by atoms with Crippen LogP contribution in [0.25, 0.3) is 0 Å². The van der Waals surface area contributed by atoms with Gasteiger partial charge in [-0.25, -0.2) is 0 Å². The van der Waals surface area contributed by atoms with Gasteiger partial charge in [-0.05, 0) is 45.4 Å². The lowest BCUT2D eigenvalue weighted by Crippen LogP contribution is -2.17. The Morgan fingerprint density at radius 3 is 2.66 bits per heavy atom. The molecule has 0 bridgehead atoms. The minimum atomic E-state index is -0.475. The average Bonchev–Trinajstić information content (AvgIpc) is 3.15. The van der Waals surface area contributed by atoms with Crippen molar-refractivity contribution in [3.05, 3.63) is 62.3 Å². The molecule has 0 aliphatic carbocycles. The maximum absolute atomic E-state index is 12.9. The van der Waals surface area contributed by atoms with Gasteiger partial charge in [-0.15, -0.1) is 0 Å². The van der Waals surface area contributed by atoms with Crippen LogP contribution in [0.3, 0.4) is 0 Å². The van der Waals surface area contributed by atoms with E-state index in [1.54, 1.807) is 32.9 Å². The fourth-order valence-corrected chi connectivity index (χ4v) is 3.11. The van der Waals surface area contributed by atoms with Crippen LogP contribution >= 0.6 is 0 Å². The summed E-state index contributed by atoms with van der Waals surface area (Å²) < 4.78 is 12.0. The highest BCUT2D eigenvalue weighted by molar-refractivity contribution is 6.04. The summed E-state index contributed by atoms with van der Waals surface area (Å²) in [6, 6.07) is 5.42. The molecule has 0 radical (unpaired) electrons. The molecule has 0 aliphatic rings. The fourth-order valence-electron chi connectivity index (χ4n) is 3.11. The van der Waals surface area contributed by atoms with Gasteiger partial charge in [0.15, 0.2) is 5.69 Å². The number of aromatic nitrogens is 3. The number of amides is 1. The second kappa shape index (κ2) is 7.74. The predicted molar refractivity (Wildman–Crippen MR) is 104 cm³/mol. The molecule has 0 spiro atoms. The summed E-state index contributed by atoms with van der Waals surface area (Å²) in [5.41, 5.74) is 2.68. The predicted octanol–water partition coefficient (Wildman–Crippen LogP) is 3.32. The third-order valence-electron chi connectivity index (χ3n) is 4.64. The van der Waals surface area contributed by atoms with Crippen LogP contribution < -0.4 is 10.1 Å². The third kappa shape index (κ3) is 3.82. The Hall–Kier alpha value is -3.69. The van der Waals surface area contributed by atoms with Gasteiger partial charge >= 0.3 is 5.69 Å². The number of nitrogens with one attached hydrogen (secondary N) is 1. The van der Waals surface area contributed by atoms with E-state index in [9.17, 15) is 14.9 Å². The van der Waals surface area contributed by atoms with Gasteiger partial charge in [0.1, 0.15) is 22.9 Å². The Balaban J connectivity index is 1.93. The first-order valence-corrected chi connectivity index (χ1v) is 8.82. The lowest BCUT2D eigenvalue weighted by Gasteiger charge is -2.11. The molecule has 1 amide bonds. The van der Waals surface area contributed by atoms with Crippen LogP contribution in [0.15, 0.2) is 22.7 Å². The summed E-state index contributed by atoms with van der Waals surface area (Å²) in [4.78, 5) is 23.6. The van der Waals surface area contributed by atoms with Crippen molar-refractivity contribution in [1.82, 2.24) is 14.9 Å². The van der Waals surface area contributed by atoms with E-state index in [2.05, 4.69) is 15.6 Å². The highest BCUT2D eigenvalue weighted by atomic mass is 16.6. The number of methoxy groups -OCH3 is 1. The molecule has 0 unspecified atom stereocenters. The Kier molecular flexibility index (Phi) is 5.35. The molecule has 2 aromatic heterocycles. The Bertz CT molecular complexity index is 1100. The molecule has 10 heteroatoms. The molecule has 29 heavy (non-hydrogen) atoms. The van der Waals surface area contributed by atoms with Gasteiger partial charge in [0.05, 0.1) is 24.3 Å². The fraction of sp³-hybridized carbons (Fsp3) is 0.316. The Morgan fingerprint density at radius 2 is 2.03 bits per heavy atom. The smallest absolute Gasteiger partial charge is 0.312 e. The number of aryl methyl sites for hydroxylation is 3. The standard InChI is InChI=1S/C19H21N5O5/c1-10-6-7-16(28-5)15(8-10)20-19(25)17-14(13(4)29-22-17)9-23-12(3)18(24(26)27)11(2)21-23/h6-8H,9H2,1-5H3,(H,20,25). The van der Waals surface area contributed by atoms with Gasteiger partial charge in [-0.3, -0.25) is 19.6 Å². The zero-order valence-electron chi connectivity index (χ0n) is 16.8. The lowest BCUT2D eigenvalue weighted by atomic mass is 10.1. The molecule has 1 aromatic carbocycles. The van der Waals surface area contributed by atoms with E-state index in [0.717, 1.165) is 5.56 Å². The van der Waals surface area contributed by atoms with E-state index in [1.807, 2.05) is 13.0 Å². The van der Waals surface area contributed by atoms with E-state index < -0.39 is 10.8 Å². The van der Waals surface area contributed by atoms with Crippen LogP contribution in [0.2, 0.25) is 0 Å². The number of anilines is 1. The van der Waals surface area contributed by atoms with Gasteiger partial charge in [-0.1, -0.05) is 11.2 Å². The number of carbonyl (C=O) groups is 1. The number of ether oxygens (including phenoxy) is 1. The van der Waals surface area contributed by atoms with Crippen LogP contribution in [0.1, 0.15) is 38.8 Å². The lowest BCUT2D eigenvalue weighted by molar-refractivity contribution is -0.386. The van der Waals surface area contributed by atoms with E-state index in [4.69, 9.17) is 9.26 Å². The molecule has 0 aliphatic heterocycles. The van der Waals surface area contributed by atoms with E-state index >= 15 is 0 Å². The first-order chi connectivity index (χ1) is 13.7. The van der Waals surface area contributed by atoms with Crippen molar-refractivity contribution in [3.63, 3.8) is 0 Å². The number of hydrogen-bond acceptors (Lipinski definition) is 7. The topological polar surface area (TPSA) is 125 Å². The number of benzene rings is 1. The maximum atomic E-state index is 12.9. The van der Waals surface area contributed by atoms with Crippen molar-refractivity contribution in [2.24, 2.45) is 0 Å². The second-order valence-corrected chi connectivity index (χ2v) is 6.66. The minimum Gasteiger partial charge on any atom is -0.495 e. The molecule has 0 atom stereocenters. The molecule has 3 aromatic rings. The molecule has 0 saturated heterocycles. The summed E-state index contributed by atoms with van der Waals surface area (Å²) in [6.45, 7) is 6.87. The van der Waals surface area contributed by atoms with E-state index in [0.29, 0.717) is 34.1 Å². The number of nitro groups is 1. The van der Waals surface area contributed by atoms with Crippen LogP contribution in [-0.2, 0) is 6.54 Å². The van der Waals surface area contributed by atoms with Gasteiger partial charge in [0, 0.05) is 5.56 Å². The van der Waals surface area contributed by atoms with Crippen LogP contribution in [0.5, 0.6) is 5.75 Å².